The number of rotatable bonds is 4. The van der Waals surface area contributed by atoms with Gasteiger partial charge in [0.25, 0.3) is 0 Å². The van der Waals surface area contributed by atoms with Crippen molar-refractivity contribution in [1.82, 2.24) is 0 Å². The molecule has 1 fully saturated rings. The Morgan fingerprint density at radius 1 is 1.53 bits per heavy atom. The van der Waals surface area contributed by atoms with Gasteiger partial charge in [-0.05, 0) is 18.2 Å². The summed E-state index contributed by atoms with van der Waals surface area (Å²) >= 11 is 0. The number of carbonyl (C=O) groups is 2. The van der Waals surface area contributed by atoms with Crippen molar-refractivity contribution in [3.05, 3.63) is 29.8 Å². The maximum atomic E-state index is 11.9. The number of ether oxygens (including phenoxy) is 3. The lowest BCUT2D eigenvalue weighted by atomic mass is 10.1. The molecule has 0 aliphatic carbocycles. The molecule has 1 saturated heterocycles. The number of hydrogen-bond acceptors (Lipinski definition) is 6. The molecule has 6 nitrogen and oxygen atoms in total. The molecule has 1 aromatic rings. The lowest BCUT2D eigenvalue weighted by Gasteiger charge is -2.14. The van der Waals surface area contributed by atoms with Gasteiger partial charge in [-0.15, -0.1) is 0 Å². The Morgan fingerprint density at radius 2 is 2.32 bits per heavy atom. The highest BCUT2D eigenvalue weighted by molar-refractivity contribution is 5.92. The van der Waals surface area contributed by atoms with Crippen molar-refractivity contribution >= 4 is 11.9 Å². The Labute approximate surface area is 109 Å². The predicted molar refractivity (Wildman–Crippen MR) is 63.7 cm³/mol. The Hall–Kier alpha value is -2.08. The van der Waals surface area contributed by atoms with E-state index in [9.17, 15) is 9.59 Å². The third-order valence-electron chi connectivity index (χ3n) is 2.87. The molecule has 1 aromatic carbocycles. The molecule has 0 spiro atoms. The second-order valence-corrected chi connectivity index (χ2v) is 4.13. The van der Waals surface area contributed by atoms with Gasteiger partial charge in [-0.1, -0.05) is 6.07 Å². The fourth-order valence-electron chi connectivity index (χ4n) is 1.78. The SMILES string of the molecule is COc1cccc(C(=O)OC2C(=O)OCC2CO)c1. The molecule has 2 atom stereocenters. The van der Waals surface area contributed by atoms with Crippen molar-refractivity contribution < 1.29 is 28.9 Å². The van der Waals surface area contributed by atoms with Crippen LogP contribution in [-0.4, -0.2) is 43.5 Å². The highest BCUT2D eigenvalue weighted by Crippen LogP contribution is 2.20. The molecule has 1 aliphatic heterocycles. The van der Waals surface area contributed by atoms with Crippen molar-refractivity contribution in [1.29, 1.82) is 0 Å². The second kappa shape index (κ2) is 5.71. The summed E-state index contributed by atoms with van der Waals surface area (Å²) in [7, 11) is 1.49. The van der Waals surface area contributed by atoms with Crippen LogP contribution >= 0.6 is 0 Å². The van der Waals surface area contributed by atoms with E-state index in [4.69, 9.17) is 19.3 Å². The fraction of sp³-hybridized carbons (Fsp3) is 0.385. The highest BCUT2D eigenvalue weighted by Gasteiger charge is 2.39. The van der Waals surface area contributed by atoms with E-state index in [1.54, 1.807) is 18.2 Å². The molecule has 102 valence electrons. The molecule has 6 heteroatoms. The van der Waals surface area contributed by atoms with Gasteiger partial charge in [0.15, 0.2) is 0 Å². The first-order valence-corrected chi connectivity index (χ1v) is 5.78. The second-order valence-electron chi connectivity index (χ2n) is 4.13. The van der Waals surface area contributed by atoms with Crippen molar-refractivity contribution in [3.63, 3.8) is 0 Å². The summed E-state index contributed by atoms with van der Waals surface area (Å²) in [6, 6.07) is 6.40. The number of aliphatic hydroxyl groups is 1. The third kappa shape index (κ3) is 2.85. The minimum Gasteiger partial charge on any atom is -0.497 e. The van der Waals surface area contributed by atoms with Gasteiger partial charge >= 0.3 is 11.9 Å². The molecule has 1 heterocycles. The molecule has 1 N–H and O–H groups in total. The minimum atomic E-state index is -1.05. The Morgan fingerprint density at radius 3 is 3.00 bits per heavy atom. The van der Waals surface area contributed by atoms with Crippen LogP contribution in [0.5, 0.6) is 5.75 Å². The quantitative estimate of drug-likeness (QED) is 0.794. The van der Waals surface area contributed by atoms with E-state index in [0.717, 1.165) is 0 Å². The number of aliphatic hydroxyl groups excluding tert-OH is 1. The Balaban J connectivity index is 2.09. The molecule has 0 bridgehead atoms. The maximum Gasteiger partial charge on any atom is 0.348 e. The smallest absolute Gasteiger partial charge is 0.348 e. The van der Waals surface area contributed by atoms with Gasteiger partial charge in [0, 0.05) is 0 Å². The molecule has 1 aliphatic rings. The topological polar surface area (TPSA) is 82.1 Å². The molecule has 19 heavy (non-hydrogen) atoms. The summed E-state index contributed by atoms with van der Waals surface area (Å²) < 4.78 is 14.8. The average Bonchev–Trinajstić information content (AvgIpc) is 2.79. The lowest BCUT2D eigenvalue weighted by molar-refractivity contribution is -0.145. The molecule has 0 aromatic heterocycles. The van der Waals surface area contributed by atoms with Crippen LogP contribution in [0.4, 0.5) is 0 Å². The Kier molecular flexibility index (Phi) is 4.01. The van der Waals surface area contributed by atoms with E-state index in [1.165, 1.54) is 13.2 Å². The normalized spacial score (nSPS) is 21.9. The van der Waals surface area contributed by atoms with Gasteiger partial charge in [-0.25, -0.2) is 9.59 Å². The van der Waals surface area contributed by atoms with Gasteiger partial charge in [-0.3, -0.25) is 0 Å². The zero-order valence-electron chi connectivity index (χ0n) is 10.4. The summed E-state index contributed by atoms with van der Waals surface area (Å²) in [5.74, 6) is -1.28. The summed E-state index contributed by atoms with van der Waals surface area (Å²) in [5, 5.41) is 9.08. The van der Waals surface area contributed by atoms with Gasteiger partial charge in [0.05, 0.1) is 25.2 Å². The van der Waals surface area contributed by atoms with Crippen LogP contribution in [0.15, 0.2) is 24.3 Å². The van der Waals surface area contributed by atoms with E-state index in [1.807, 2.05) is 0 Å². The first kappa shape index (κ1) is 13.4. The predicted octanol–water partition coefficient (Wildman–Crippen LogP) is 0.386. The van der Waals surface area contributed by atoms with E-state index in [-0.39, 0.29) is 18.8 Å². The van der Waals surface area contributed by atoms with Crippen LogP contribution in [0.3, 0.4) is 0 Å². The zero-order chi connectivity index (χ0) is 13.8. The molecule has 2 rings (SSSR count). The van der Waals surface area contributed by atoms with E-state index < -0.39 is 24.0 Å². The van der Waals surface area contributed by atoms with Crippen molar-refractivity contribution in [3.8, 4) is 5.75 Å². The van der Waals surface area contributed by atoms with Crippen LogP contribution in [-0.2, 0) is 14.3 Å². The summed E-state index contributed by atoms with van der Waals surface area (Å²) in [6.45, 7) is -0.215. The van der Waals surface area contributed by atoms with E-state index in [0.29, 0.717) is 5.75 Å². The van der Waals surface area contributed by atoms with E-state index >= 15 is 0 Å². The first-order valence-electron chi connectivity index (χ1n) is 5.78. The number of cyclic esters (lactones) is 1. The van der Waals surface area contributed by atoms with Crippen LogP contribution in [0.25, 0.3) is 0 Å². The summed E-state index contributed by atoms with van der Waals surface area (Å²) in [5.41, 5.74) is 0.274. The highest BCUT2D eigenvalue weighted by atomic mass is 16.6. The average molecular weight is 266 g/mol. The van der Waals surface area contributed by atoms with Crippen molar-refractivity contribution in [2.24, 2.45) is 5.92 Å². The molecule has 0 radical (unpaired) electrons. The fourth-order valence-corrected chi connectivity index (χ4v) is 1.78. The Bertz CT molecular complexity index is 484. The minimum absolute atomic E-state index is 0.0609. The maximum absolute atomic E-state index is 11.9. The van der Waals surface area contributed by atoms with Gasteiger partial charge in [-0.2, -0.15) is 0 Å². The van der Waals surface area contributed by atoms with Crippen LogP contribution in [0, 0.1) is 5.92 Å². The molecule has 0 saturated carbocycles. The van der Waals surface area contributed by atoms with Gasteiger partial charge in [0.1, 0.15) is 12.4 Å². The van der Waals surface area contributed by atoms with Crippen molar-refractivity contribution in [2.75, 3.05) is 20.3 Å². The largest absolute Gasteiger partial charge is 0.497 e. The number of benzene rings is 1. The standard InChI is InChI=1S/C13H14O6/c1-17-10-4-2-3-8(5-10)12(15)19-11-9(6-14)7-18-13(11)16/h2-5,9,11,14H,6-7H2,1H3. The van der Waals surface area contributed by atoms with Gasteiger partial charge in [0.2, 0.25) is 6.10 Å². The summed E-state index contributed by atoms with van der Waals surface area (Å²) in [6.07, 6.45) is -1.05. The molecular weight excluding hydrogens is 252 g/mol. The summed E-state index contributed by atoms with van der Waals surface area (Å²) in [4.78, 5) is 23.3. The monoisotopic (exact) mass is 266 g/mol. The zero-order valence-corrected chi connectivity index (χ0v) is 10.4. The third-order valence-corrected chi connectivity index (χ3v) is 2.87. The first-order chi connectivity index (χ1) is 9.15. The number of esters is 2. The van der Waals surface area contributed by atoms with Crippen LogP contribution < -0.4 is 4.74 Å². The number of hydrogen-bond donors (Lipinski definition) is 1. The van der Waals surface area contributed by atoms with E-state index in [2.05, 4.69) is 0 Å². The number of methoxy groups -OCH3 is 1. The molecule has 2 unspecified atom stereocenters. The van der Waals surface area contributed by atoms with Crippen LogP contribution in [0.2, 0.25) is 0 Å². The lowest BCUT2D eigenvalue weighted by Crippen LogP contribution is -2.31. The molecule has 0 amide bonds. The molecular formula is C13H14O6. The van der Waals surface area contributed by atoms with Gasteiger partial charge < -0.3 is 19.3 Å². The van der Waals surface area contributed by atoms with Crippen LogP contribution in [0.1, 0.15) is 10.4 Å². The number of carbonyl (C=O) groups excluding carboxylic acids is 2. The van der Waals surface area contributed by atoms with Crippen molar-refractivity contribution in [2.45, 2.75) is 6.10 Å².